The van der Waals surface area contributed by atoms with Crippen molar-refractivity contribution in [2.75, 3.05) is 13.1 Å². The van der Waals surface area contributed by atoms with Crippen molar-refractivity contribution in [3.63, 3.8) is 0 Å². The van der Waals surface area contributed by atoms with Crippen LogP contribution in [0.15, 0.2) is 23.0 Å². The summed E-state index contributed by atoms with van der Waals surface area (Å²) in [5, 5.41) is 5.56. The van der Waals surface area contributed by atoms with Crippen molar-refractivity contribution in [1.82, 2.24) is 19.8 Å². The van der Waals surface area contributed by atoms with Gasteiger partial charge in [-0.2, -0.15) is 0 Å². The number of hydrogen-bond acceptors (Lipinski definition) is 4. The predicted molar refractivity (Wildman–Crippen MR) is 91.5 cm³/mol. The highest BCUT2D eigenvalue weighted by atomic mass is 35.5. The number of carbonyl (C=O) groups excluding carboxylic acids is 2. The van der Waals surface area contributed by atoms with Crippen LogP contribution < -0.4 is 16.3 Å². The fourth-order valence-corrected chi connectivity index (χ4v) is 3.39. The SMILES string of the molecule is Cl.Cn1c(=O)n(C2CCC(=O)NC2=O)c2ccc(C3CNC3)cc21. The zero-order valence-corrected chi connectivity index (χ0v) is 14.1. The molecular formula is C16H19ClN4O3. The zero-order chi connectivity index (χ0) is 16.1. The van der Waals surface area contributed by atoms with Crippen LogP contribution in [0.4, 0.5) is 0 Å². The maximum Gasteiger partial charge on any atom is 0.329 e. The third kappa shape index (κ3) is 2.44. The Morgan fingerprint density at radius 2 is 1.88 bits per heavy atom. The van der Waals surface area contributed by atoms with E-state index in [-0.39, 0.29) is 30.4 Å². The Kier molecular flexibility index (Phi) is 4.23. The molecule has 8 heteroatoms. The van der Waals surface area contributed by atoms with Crippen molar-refractivity contribution in [1.29, 1.82) is 0 Å². The second-order valence-corrected chi connectivity index (χ2v) is 6.28. The number of hydrogen-bond donors (Lipinski definition) is 2. The Bertz CT molecular complexity index is 881. The predicted octanol–water partition coefficient (Wildman–Crippen LogP) is 0.426. The molecule has 128 valence electrons. The Balaban J connectivity index is 0.00000169. The van der Waals surface area contributed by atoms with Gasteiger partial charge in [0.1, 0.15) is 6.04 Å². The first-order valence-electron chi connectivity index (χ1n) is 7.81. The average molecular weight is 351 g/mol. The molecule has 0 saturated carbocycles. The lowest BCUT2D eigenvalue weighted by Gasteiger charge is -2.27. The highest BCUT2D eigenvalue weighted by Gasteiger charge is 2.31. The minimum absolute atomic E-state index is 0. The quantitative estimate of drug-likeness (QED) is 0.769. The summed E-state index contributed by atoms with van der Waals surface area (Å²) in [5.74, 6) is -0.198. The summed E-state index contributed by atoms with van der Waals surface area (Å²) in [7, 11) is 1.72. The van der Waals surface area contributed by atoms with Gasteiger partial charge in [-0.05, 0) is 24.1 Å². The van der Waals surface area contributed by atoms with E-state index in [1.54, 1.807) is 11.6 Å². The maximum atomic E-state index is 12.6. The molecule has 2 aliphatic rings. The van der Waals surface area contributed by atoms with Gasteiger partial charge in [-0.1, -0.05) is 6.07 Å². The monoisotopic (exact) mass is 350 g/mol. The van der Waals surface area contributed by atoms with Crippen LogP contribution in [0.5, 0.6) is 0 Å². The molecule has 1 atom stereocenters. The number of carbonyl (C=O) groups is 2. The van der Waals surface area contributed by atoms with Crippen molar-refractivity contribution in [3.8, 4) is 0 Å². The van der Waals surface area contributed by atoms with Crippen LogP contribution in [-0.4, -0.2) is 34.0 Å². The number of benzene rings is 1. The summed E-state index contributed by atoms with van der Waals surface area (Å²) in [6.07, 6.45) is 0.614. The number of nitrogens with one attached hydrogen (secondary N) is 2. The number of amides is 2. The summed E-state index contributed by atoms with van der Waals surface area (Å²) in [5.41, 5.74) is 2.54. The lowest BCUT2D eigenvalue weighted by Crippen LogP contribution is -2.44. The largest absolute Gasteiger partial charge is 0.329 e. The van der Waals surface area contributed by atoms with E-state index in [2.05, 4.69) is 10.6 Å². The molecular weight excluding hydrogens is 332 g/mol. The fraction of sp³-hybridized carbons (Fsp3) is 0.438. The van der Waals surface area contributed by atoms with E-state index < -0.39 is 11.9 Å². The van der Waals surface area contributed by atoms with Gasteiger partial charge in [0.2, 0.25) is 11.8 Å². The van der Waals surface area contributed by atoms with Crippen LogP contribution in [0, 0.1) is 0 Å². The molecule has 2 aliphatic heterocycles. The molecule has 4 rings (SSSR count). The lowest BCUT2D eigenvalue weighted by atomic mass is 9.93. The van der Waals surface area contributed by atoms with E-state index in [0.717, 1.165) is 24.1 Å². The van der Waals surface area contributed by atoms with E-state index in [1.807, 2.05) is 18.2 Å². The van der Waals surface area contributed by atoms with Crippen molar-refractivity contribution in [2.45, 2.75) is 24.8 Å². The van der Waals surface area contributed by atoms with Gasteiger partial charge in [-0.25, -0.2) is 4.79 Å². The first-order chi connectivity index (χ1) is 11.1. The van der Waals surface area contributed by atoms with E-state index in [0.29, 0.717) is 12.3 Å². The fourth-order valence-electron chi connectivity index (χ4n) is 3.39. The molecule has 0 aliphatic carbocycles. The molecule has 1 aromatic heterocycles. The molecule has 0 spiro atoms. The topological polar surface area (TPSA) is 85.1 Å². The summed E-state index contributed by atoms with van der Waals surface area (Å²) < 4.78 is 3.09. The second kappa shape index (κ2) is 6.07. The standard InChI is InChI=1S/C16H18N4O3.ClH/c1-19-13-6-9(10-7-17-8-10)2-3-11(13)20(16(19)23)12-4-5-14(21)18-15(12)22;/h2-3,6,10,12,17H,4-5,7-8H2,1H3,(H,18,21,22);1H. The van der Waals surface area contributed by atoms with Gasteiger partial charge in [0.25, 0.3) is 0 Å². The second-order valence-electron chi connectivity index (χ2n) is 6.28. The summed E-state index contributed by atoms with van der Waals surface area (Å²) in [4.78, 5) is 36.1. The number of halogens is 1. The first kappa shape index (κ1) is 16.7. The number of piperidine rings is 1. The van der Waals surface area contributed by atoms with Crippen molar-refractivity contribution in [2.24, 2.45) is 7.05 Å². The Labute approximate surface area is 144 Å². The van der Waals surface area contributed by atoms with Crippen LogP contribution in [0.3, 0.4) is 0 Å². The van der Waals surface area contributed by atoms with E-state index in [9.17, 15) is 14.4 Å². The van der Waals surface area contributed by atoms with Crippen LogP contribution in [0.1, 0.15) is 30.4 Å². The van der Waals surface area contributed by atoms with Gasteiger partial charge < -0.3 is 5.32 Å². The molecule has 2 fully saturated rings. The van der Waals surface area contributed by atoms with Gasteiger partial charge in [-0.3, -0.25) is 24.0 Å². The van der Waals surface area contributed by atoms with Crippen molar-refractivity contribution < 1.29 is 9.59 Å². The number of aromatic nitrogens is 2. The highest BCUT2D eigenvalue weighted by molar-refractivity contribution is 6.00. The number of fused-ring (bicyclic) bond motifs is 1. The van der Waals surface area contributed by atoms with E-state index in [4.69, 9.17) is 0 Å². The average Bonchev–Trinajstić information content (AvgIpc) is 2.70. The Hall–Kier alpha value is -2.12. The van der Waals surface area contributed by atoms with Crippen molar-refractivity contribution >= 4 is 35.3 Å². The third-order valence-electron chi connectivity index (χ3n) is 4.89. The van der Waals surface area contributed by atoms with E-state index in [1.165, 1.54) is 10.1 Å². The van der Waals surface area contributed by atoms with Gasteiger partial charge in [0.05, 0.1) is 11.0 Å². The van der Waals surface area contributed by atoms with E-state index >= 15 is 0 Å². The third-order valence-corrected chi connectivity index (χ3v) is 4.89. The molecule has 1 aromatic carbocycles. The van der Waals surface area contributed by atoms with Gasteiger partial charge >= 0.3 is 5.69 Å². The Morgan fingerprint density at radius 1 is 1.12 bits per heavy atom. The molecule has 3 heterocycles. The molecule has 0 radical (unpaired) electrons. The maximum absolute atomic E-state index is 12.6. The minimum atomic E-state index is -0.625. The number of nitrogens with zero attached hydrogens (tertiary/aromatic N) is 2. The zero-order valence-electron chi connectivity index (χ0n) is 13.2. The molecule has 2 aromatic rings. The first-order valence-corrected chi connectivity index (χ1v) is 7.81. The highest BCUT2D eigenvalue weighted by Crippen LogP contribution is 2.27. The normalized spacial score (nSPS) is 21.3. The lowest BCUT2D eigenvalue weighted by molar-refractivity contribution is -0.135. The molecule has 0 bridgehead atoms. The minimum Gasteiger partial charge on any atom is -0.315 e. The number of imidazole rings is 1. The van der Waals surface area contributed by atoms with Gasteiger partial charge in [0, 0.05) is 32.5 Å². The molecule has 1 unspecified atom stereocenters. The van der Waals surface area contributed by atoms with Crippen molar-refractivity contribution in [3.05, 3.63) is 34.2 Å². The van der Waals surface area contributed by atoms with Crippen LogP contribution in [-0.2, 0) is 16.6 Å². The molecule has 7 nitrogen and oxygen atoms in total. The molecule has 2 amide bonds. The van der Waals surface area contributed by atoms with Crippen LogP contribution in [0.2, 0.25) is 0 Å². The Morgan fingerprint density at radius 3 is 2.50 bits per heavy atom. The number of rotatable bonds is 2. The van der Waals surface area contributed by atoms with Gasteiger partial charge in [-0.15, -0.1) is 12.4 Å². The molecule has 2 N–H and O–H groups in total. The smallest absolute Gasteiger partial charge is 0.315 e. The summed E-state index contributed by atoms with van der Waals surface area (Å²) in [6.45, 7) is 1.90. The summed E-state index contributed by atoms with van der Waals surface area (Å²) >= 11 is 0. The van der Waals surface area contributed by atoms with Crippen LogP contribution in [0.25, 0.3) is 11.0 Å². The molecule has 24 heavy (non-hydrogen) atoms. The van der Waals surface area contributed by atoms with Gasteiger partial charge in [0.15, 0.2) is 0 Å². The molecule has 2 saturated heterocycles. The number of imide groups is 1. The summed E-state index contributed by atoms with van der Waals surface area (Å²) in [6, 6.07) is 5.34. The van der Waals surface area contributed by atoms with Crippen LogP contribution >= 0.6 is 12.4 Å². The number of aryl methyl sites for hydroxylation is 1.